The molecule has 0 spiro atoms. The number of hydrazone groups is 1. The molecule has 13 nitrogen and oxygen atoms in total. The van der Waals surface area contributed by atoms with Gasteiger partial charge >= 0.3 is 0 Å². The van der Waals surface area contributed by atoms with E-state index in [1.807, 2.05) is 6.92 Å². The second-order valence-corrected chi connectivity index (χ2v) is 6.31. The molecular formula is C16H19N9O4. The van der Waals surface area contributed by atoms with Crippen LogP contribution in [0.4, 0.5) is 5.82 Å². The highest BCUT2D eigenvalue weighted by Crippen LogP contribution is 2.18. The van der Waals surface area contributed by atoms with Crippen LogP contribution in [0.25, 0.3) is 5.82 Å². The monoisotopic (exact) mass is 401 g/mol. The third kappa shape index (κ3) is 4.14. The van der Waals surface area contributed by atoms with Gasteiger partial charge in [0, 0.05) is 19.6 Å². The zero-order chi connectivity index (χ0) is 20.2. The number of amides is 1. The van der Waals surface area contributed by atoms with Crippen molar-refractivity contribution >= 4 is 17.9 Å². The Balaban J connectivity index is 1.57. The van der Waals surface area contributed by atoms with Gasteiger partial charge < -0.3 is 14.9 Å². The number of carbonyl (C=O) groups is 1. The summed E-state index contributed by atoms with van der Waals surface area (Å²) in [4.78, 5) is 14.8. The zero-order valence-corrected chi connectivity index (χ0v) is 15.6. The normalized spacial score (nSPS) is 15.2. The fraction of sp³-hybridized carbons (Fsp3) is 0.375. The molecule has 1 fully saturated rings. The lowest BCUT2D eigenvalue weighted by Crippen LogP contribution is -2.37. The van der Waals surface area contributed by atoms with Crippen LogP contribution >= 0.6 is 0 Å². The molecule has 4 heterocycles. The van der Waals surface area contributed by atoms with Gasteiger partial charge in [0.05, 0.1) is 25.1 Å². The van der Waals surface area contributed by atoms with Crippen LogP contribution in [0.15, 0.2) is 26.3 Å². The smallest absolute Gasteiger partial charge is 0.293 e. The quantitative estimate of drug-likeness (QED) is 0.415. The van der Waals surface area contributed by atoms with Crippen LogP contribution in [-0.4, -0.2) is 68.6 Å². The van der Waals surface area contributed by atoms with Crippen molar-refractivity contribution in [3.63, 3.8) is 0 Å². The Morgan fingerprint density at radius 1 is 1.34 bits per heavy atom. The van der Waals surface area contributed by atoms with Gasteiger partial charge in [-0.05, 0) is 29.4 Å². The number of hydrogen-bond donors (Lipinski definition) is 2. The molecule has 1 aliphatic heterocycles. The first kappa shape index (κ1) is 18.8. The molecule has 0 atom stereocenters. The van der Waals surface area contributed by atoms with E-state index in [9.17, 15) is 4.79 Å². The summed E-state index contributed by atoms with van der Waals surface area (Å²) < 4.78 is 16.7. The summed E-state index contributed by atoms with van der Waals surface area (Å²) in [7, 11) is 0. The number of aromatic nitrogens is 5. The minimum absolute atomic E-state index is 0.0382. The van der Waals surface area contributed by atoms with Gasteiger partial charge in [0.25, 0.3) is 5.91 Å². The molecule has 0 bridgehead atoms. The second-order valence-electron chi connectivity index (χ2n) is 6.31. The second kappa shape index (κ2) is 8.20. The lowest BCUT2D eigenvalue weighted by molar-refractivity contribution is 0.0332. The SMILES string of the molecule is Cc1ccc(C=NNC(=O)c2nnn(-c3nonc3N)c2CN2CCOCC2)o1. The van der Waals surface area contributed by atoms with Crippen LogP contribution in [-0.2, 0) is 11.3 Å². The number of ether oxygens (including phenoxy) is 1. The first-order valence-corrected chi connectivity index (χ1v) is 8.84. The van der Waals surface area contributed by atoms with Crippen molar-refractivity contribution in [1.29, 1.82) is 0 Å². The molecule has 13 heteroatoms. The Hall–Kier alpha value is -3.58. The van der Waals surface area contributed by atoms with Gasteiger partial charge in [0.1, 0.15) is 11.5 Å². The highest BCUT2D eigenvalue weighted by atomic mass is 16.6. The van der Waals surface area contributed by atoms with Crippen LogP contribution in [0.2, 0.25) is 0 Å². The predicted octanol–water partition coefficient (Wildman–Crippen LogP) is -0.270. The molecule has 3 aromatic heterocycles. The fourth-order valence-electron chi connectivity index (χ4n) is 2.83. The first-order valence-electron chi connectivity index (χ1n) is 8.84. The molecule has 4 rings (SSSR count). The molecule has 3 N–H and O–H groups in total. The minimum atomic E-state index is -0.533. The van der Waals surface area contributed by atoms with Crippen LogP contribution in [0.1, 0.15) is 27.7 Å². The van der Waals surface area contributed by atoms with E-state index in [4.69, 9.17) is 14.9 Å². The highest BCUT2D eigenvalue weighted by molar-refractivity contribution is 5.94. The minimum Gasteiger partial charge on any atom is -0.460 e. The molecule has 0 unspecified atom stereocenters. The van der Waals surface area contributed by atoms with Gasteiger partial charge in [0.15, 0.2) is 5.69 Å². The highest BCUT2D eigenvalue weighted by Gasteiger charge is 2.26. The van der Waals surface area contributed by atoms with Crippen molar-refractivity contribution < 1.29 is 18.6 Å². The average Bonchev–Trinajstić information content (AvgIpc) is 3.43. The molecular weight excluding hydrogens is 382 g/mol. The van der Waals surface area contributed by atoms with Gasteiger partial charge in [0.2, 0.25) is 11.6 Å². The van der Waals surface area contributed by atoms with Crippen LogP contribution in [0.5, 0.6) is 0 Å². The number of carbonyl (C=O) groups excluding carboxylic acids is 1. The molecule has 152 valence electrons. The van der Waals surface area contributed by atoms with Gasteiger partial charge in [-0.2, -0.15) is 9.78 Å². The van der Waals surface area contributed by atoms with Crippen LogP contribution < -0.4 is 11.2 Å². The van der Waals surface area contributed by atoms with Crippen LogP contribution in [0.3, 0.4) is 0 Å². The molecule has 0 aliphatic carbocycles. The van der Waals surface area contributed by atoms with Gasteiger partial charge in [-0.25, -0.2) is 10.1 Å². The number of nitrogens with one attached hydrogen (secondary N) is 1. The van der Waals surface area contributed by atoms with E-state index in [2.05, 4.69) is 40.7 Å². The van der Waals surface area contributed by atoms with Gasteiger partial charge in [-0.3, -0.25) is 9.69 Å². The Morgan fingerprint density at radius 2 is 2.17 bits per heavy atom. The van der Waals surface area contributed by atoms with Crippen molar-refractivity contribution in [2.24, 2.45) is 5.10 Å². The molecule has 3 aromatic rings. The Bertz CT molecular complexity index is 1020. The van der Waals surface area contributed by atoms with Crippen molar-refractivity contribution in [3.05, 3.63) is 35.0 Å². The fourth-order valence-corrected chi connectivity index (χ4v) is 2.83. The van der Waals surface area contributed by atoms with Crippen molar-refractivity contribution in [2.45, 2.75) is 13.5 Å². The average molecular weight is 401 g/mol. The van der Waals surface area contributed by atoms with E-state index in [-0.39, 0.29) is 17.3 Å². The Labute approximate surface area is 164 Å². The van der Waals surface area contributed by atoms with E-state index >= 15 is 0 Å². The largest absolute Gasteiger partial charge is 0.460 e. The van der Waals surface area contributed by atoms with Crippen LogP contribution in [0, 0.1) is 6.92 Å². The summed E-state index contributed by atoms with van der Waals surface area (Å²) in [5.74, 6) is 0.925. The summed E-state index contributed by atoms with van der Waals surface area (Å²) in [5.41, 5.74) is 8.78. The number of rotatable bonds is 6. The standard InChI is InChI=1S/C16H19N9O4/c1-10-2-3-11(28-10)8-18-20-16(26)13-12(9-24-4-6-27-7-5-24)25(23-19-13)15-14(17)21-29-22-15/h2-3,8H,4-7,9H2,1H3,(H2,17,21)(H,20,26). The number of nitrogens with zero attached hydrogens (tertiary/aromatic N) is 7. The molecule has 1 amide bonds. The zero-order valence-electron chi connectivity index (χ0n) is 15.6. The number of anilines is 1. The van der Waals surface area contributed by atoms with Gasteiger partial charge in [-0.1, -0.05) is 5.21 Å². The van der Waals surface area contributed by atoms with E-state index in [0.717, 1.165) is 5.76 Å². The number of nitrogens with two attached hydrogens (primary N) is 1. The third-order valence-electron chi connectivity index (χ3n) is 4.27. The number of nitrogen functional groups attached to an aromatic ring is 1. The predicted molar refractivity (Wildman–Crippen MR) is 98.2 cm³/mol. The van der Waals surface area contributed by atoms with E-state index in [1.54, 1.807) is 12.1 Å². The van der Waals surface area contributed by atoms with E-state index in [0.29, 0.717) is 44.3 Å². The number of furan rings is 1. The molecule has 29 heavy (non-hydrogen) atoms. The summed E-state index contributed by atoms with van der Waals surface area (Å²) >= 11 is 0. The van der Waals surface area contributed by atoms with E-state index in [1.165, 1.54) is 10.9 Å². The molecule has 1 aliphatic rings. The van der Waals surface area contributed by atoms with Crippen molar-refractivity contribution in [3.8, 4) is 5.82 Å². The maximum atomic E-state index is 12.7. The number of morpholine rings is 1. The summed E-state index contributed by atoms with van der Waals surface area (Å²) in [6, 6.07) is 3.54. The topological polar surface area (TPSA) is 163 Å². The Morgan fingerprint density at radius 3 is 2.86 bits per heavy atom. The Kier molecular flexibility index (Phi) is 5.31. The molecule has 0 radical (unpaired) electrons. The third-order valence-corrected chi connectivity index (χ3v) is 4.27. The van der Waals surface area contributed by atoms with E-state index < -0.39 is 5.91 Å². The summed E-state index contributed by atoms with van der Waals surface area (Å²) in [5, 5.41) is 19.2. The van der Waals surface area contributed by atoms with Crippen molar-refractivity contribution in [2.75, 3.05) is 32.0 Å². The molecule has 0 saturated carbocycles. The maximum Gasteiger partial charge on any atom is 0.293 e. The van der Waals surface area contributed by atoms with Gasteiger partial charge in [-0.15, -0.1) is 5.10 Å². The lowest BCUT2D eigenvalue weighted by atomic mass is 10.2. The lowest BCUT2D eigenvalue weighted by Gasteiger charge is -2.26. The first-order chi connectivity index (χ1) is 14.1. The van der Waals surface area contributed by atoms with Crippen molar-refractivity contribution in [1.82, 2.24) is 35.6 Å². The number of aryl methyl sites for hydroxylation is 1. The molecule has 0 aromatic carbocycles. The number of hydrogen-bond acceptors (Lipinski definition) is 11. The molecule has 1 saturated heterocycles. The summed E-state index contributed by atoms with van der Waals surface area (Å²) in [6.45, 7) is 4.81. The summed E-state index contributed by atoms with van der Waals surface area (Å²) in [6.07, 6.45) is 1.40. The maximum absolute atomic E-state index is 12.7.